The summed E-state index contributed by atoms with van der Waals surface area (Å²) in [5.41, 5.74) is 4.41. The molecule has 0 unspecified atom stereocenters. The Morgan fingerprint density at radius 2 is 1.81 bits per heavy atom. The van der Waals surface area contributed by atoms with Gasteiger partial charge in [0.2, 0.25) is 0 Å². The normalized spacial score (nSPS) is 15.8. The molecular weight excluding hydrogens is 332 g/mol. The summed E-state index contributed by atoms with van der Waals surface area (Å²) in [6.07, 6.45) is 1.52. The van der Waals surface area contributed by atoms with Crippen LogP contribution in [0.1, 0.15) is 31.9 Å². The lowest BCUT2D eigenvalue weighted by Gasteiger charge is -2.26. The van der Waals surface area contributed by atoms with Crippen molar-refractivity contribution in [3.63, 3.8) is 0 Å². The second-order valence-corrected chi connectivity index (χ2v) is 7.28. The van der Waals surface area contributed by atoms with Crippen LogP contribution in [0.3, 0.4) is 0 Å². The summed E-state index contributed by atoms with van der Waals surface area (Å²) in [4.78, 5) is 25.7. The molecule has 1 aliphatic heterocycles. The van der Waals surface area contributed by atoms with E-state index in [-0.39, 0.29) is 5.41 Å². The molecule has 0 aromatic heterocycles. The van der Waals surface area contributed by atoms with Gasteiger partial charge >= 0.3 is 11.8 Å². The third-order valence-electron chi connectivity index (χ3n) is 4.18. The Morgan fingerprint density at radius 3 is 2.42 bits per heavy atom. The van der Waals surface area contributed by atoms with Crippen LogP contribution in [0.5, 0.6) is 0 Å². The smallest absolute Gasteiger partial charge is 0.329 e. The summed E-state index contributed by atoms with van der Waals surface area (Å²) < 4.78 is 5.26. The number of hydrogen-bond donors (Lipinski definition) is 2. The summed E-state index contributed by atoms with van der Waals surface area (Å²) in [5.74, 6) is -1.45. The standard InChI is InChI=1S/C19H28N4O3/c1-19(2,3)16-6-4-15(5-7-16)14-21-22-18(25)17(24)20-8-9-23-10-12-26-13-11-23/h4-7,14H,8-13H2,1-3H3,(H,20,24)(H,22,25). The van der Waals surface area contributed by atoms with E-state index < -0.39 is 11.8 Å². The van der Waals surface area contributed by atoms with Crippen LogP contribution in [0.25, 0.3) is 0 Å². The number of benzene rings is 1. The highest BCUT2D eigenvalue weighted by Crippen LogP contribution is 2.21. The van der Waals surface area contributed by atoms with E-state index in [4.69, 9.17) is 4.74 Å². The number of nitrogens with one attached hydrogen (secondary N) is 2. The molecule has 0 aliphatic carbocycles. The molecule has 7 nitrogen and oxygen atoms in total. The van der Waals surface area contributed by atoms with Crippen molar-refractivity contribution in [1.29, 1.82) is 0 Å². The first-order valence-corrected chi connectivity index (χ1v) is 8.88. The van der Waals surface area contributed by atoms with E-state index in [2.05, 4.69) is 41.5 Å². The van der Waals surface area contributed by atoms with E-state index in [1.165, 1.54) is 11.8 Å². The largest absolute Gasteiger partial charge is 0.379 e. The number of ether oxygens (including phenoxy) is 1. The van der Waals surface area contributed by atoms with Gasteiger partial charge in [0, 0.05) is 26.2 Å². The molecular formula is C19H28N4O3. The van der Waals surface area contributed by atoms with Crippen molar-refractivity contribution in [2.75, 3.05) is 39.4 Å². The number of nitrogens with zero attached hydrogens (tertiary/aromatic N) is 2. The van der Waals surface area contributed by atoms with Crippen molar-refractivity contribution in [3.05, 3.63) is 35.4 Å². The van der Waals surface area contributed by atoms with Crippen molar-refractivity contribution >= 4 is 18.0 Å². The van der Waals surface area contributed by atoms with Crippen molar-refractivity contribution in [1.82, 2.24) is 15.6 Å². The Morgan fingerprint density at radius 1 is 1.15 bits per heavy atom. The molecule has 1 aromatic carbocycles. The van der Waals surface area contributed by atoms with Crippen LogP contribution < -0.4 is 10.7 Å². The fourth-order valence-electron chi connectivity index (χ4n) is 2.52. The molecule has 0 spiro atoms. The molecule has 0 bridgehead atoms. The van der Waals surface area contributed by atoms with Gasteiger partial charge in [-0.1, -0.05) is 45.0 Å². The molecule has 0 radical (unpaired) electrons. The minimum absolute atomic E-state index is 0.0865. The third-order valence-corrected chi connectivity index (χ3v) is 4.18. The zero-order valence-corrected chi connectivity index (χ0v) is 15.7. The predicted octanol–water partition coefficient (Wildman–Crippen LogP) is 0.883. The van der Waals surface area contributed by atoms with Gasteiger partial charge in [-0.2, -0.15) is 5.10 Å². The summed E-state index contributed by atoms with van der Waals surface area (Å²) in [6.45, 7) is 10.7. The Balaban J connectivity index is 1.71. The number of amides is 2. The van der Waals surface area contributed by atoms with E-state index in [0.717, 1.165) is 18.7 Å². The molecule has 1 aliphatic rings. The second kappa shape index (κ2) is 9.45. The minimum atomic E-state index is -0.769. The van der Waals surface area contributed by atoms with Crippen molar-refractivity contribution in [3.8, 4) is 0 Å². The van der Waals surface area contributed by atoms with Crippen molar-refractivity contribution in [2.24, 2.45) is 5.10 Å². The number of hydrazone groups is 1. The van der Waals surface area contributed by atoms with Crippen molar-refractivity contribution < 1.29 is 14.3 Å². The fourth-order valence-corrected chi connectivity index (χ4v) is 2.52. The van der Waals surface area contributed by atoms with E-state index in [1.807, 2.05) is 24.3 Å². The van der Waals surface area contributed by atoms with Crippen LogP contribution in [0.2, 0.25) is 0 Å². The third kappa shape index (κ3) is 6.57. The lowest BCUT2D eigenvalue weighted by molar-refractivity contribution is -0.139. The Labute approximate surface area is 154 Å². The van der Waals surface area contributed by atoms with E-state index in [0.29, 0.717) is 26.3 Å². The first-order valence-electron chi connectivity index (χ1n) is 8.88. The average molecular weight is 360 g/mol. The summed E-state index contributed by atoms with van der Waals surface area (Å²) >= 11 is 0. The first kappa shape index (κ1) is 20.1. The number of hydrogen-bond acceptors (Lipinski definition) is 5. The highest BCUT2D eigenvalue weighted by Gasteiger charge is 2.14. The molecule has 7 heteroatoms. The molecule has 1 saturated heterocycles. The van der Waals surface area contributed by atoms with Gasteiger partial charge in [0.25, 0.3) is 0 Å². The van der Waals surface area contributed by atoms with Gasteiger partial charge in [0.15, 0.2) is 0 Å². The SMILES string of the molecule is CC(C)(C)c1ccc(C=NNC(=O)C(=O)NCCN2CCOCC2)cc1. The van der Waals surface area contributed by atoms with Crippen LogP contribution >= 0.6 is 0 Å². The van der Waals surface area contributed by atoms with Gasteiger partial charge in [-0.15, -0.1) is 0 Å². The molecule has 1 aromatic rings. The van der Waals surface area contributed by atoms with Crippen LogP contribution in [0.15, 0.2) is 29.4 Å². The summed E-state index contributed by atoms with van der Waals surface area (Å²) in [7, 11) is 0. The maximum atomic E-state index is 11.7. The molecule has 2 amide bonds. The topological polar surface area (TPSA) is 83.0 Å². The highest BCUT2D eigenvalue weighted by atomic mass is 16.5. The Bertz CT molecular complexity index is 629. The molecule has 2 N–H and O–H groups in total. The van der Waals surface area contributed by atoms with E-state index in [1.54, 1.807) is 0 Å². The number of morpholine rings is 1. The summed E-state index contributed by atoms with van der Waals surface area (Å²) in [5, 5.41) is 6.44. The molecule has 142 valence electrons. The van der Waals surface area contributed by atoms with Gasteiger partial charge in [-0.25, -0.2) is 5.43 Å². The Hall–Kier alpha value is -2.25. The number of carbonyl (C=O) groups is 2. The maximum absolute atomic E-state index is 11.7. The number of carbonyl (C=O) groups excluding carboxylic acids is 2. The highest BCUT2D eigenvalue weighted by molar-refractivity contribution is 6.35. The van der Waals surface area contributed by atoms with E-state index in [9.17, 15) is 9.59 Å². The molecule has 1 heterocycles. The Kier molecular flexibility index (Phi) is 7.29. The van der Waals surface area contributed by atoms with E-state index >= 15 is 0 Å². The van der Waals surface area contributed by atoms with Gasteiger partial charge in [-0.05, 0) is 16.5 Å². The lowest BCUT2D eigenvalue weighted by atomic mass is 9.87. The van der Waals surface area contributed by atoms with Crippen LogP contribution in [-0.4, -0.2) is 62.3 Å². The van der Waals surface area contributed by atoms with Crippen LogP contribution in [-0.2, 0) is 19.7 Å². The molecule has 2 rings (SSSR count). The van der Waals surface area contributed by atoms with Crippen LogP contribution in [0.4, 0.5) is 0 Å². The zero-order chi connectivity index (χ0) is 19.0. The molecule has 1 fully saturated rings. The van der Waals surface area contributed by atoms with Crippen LogP contribution in [0, 0.1) is 0 Å². The minimum Gasteiger partial charge on any atom is -0.379 e. The molecule has 0 atom stereocenters. The lowest BCUT2D eigenvalue weighted by Crippen LogP contribution is -2.44. The zero-order valence-electron chi connectivity index (χ0n) is 15.7. The molecule has 26 heavy (non-hydrogen) atoms. The second-order valence-electron chi connectivity index (χ2n) is 7.28. The van der Waals surface area contributed by atoms with Gasteiger partial charge in [0.05, 0.1) is 19.4 Å². The van der Waals surface area contributed by atoms with Gasteiger partial charge < -0.3 is 10.1 Å². The van der Waals surface area contributed by atoms with Crippen molar-refractivity contribution in [2.45, 2.75) is 26.2 Å². The molecule has 0 saturated carbocycles. The summed E-state index contributed by atoms with van der Waals surface area (Å²) in [6, 6.07) is 7.92. The monoisotopic (exact) mass is 360 g/mol. The predicted molar refractivity (Wildman–Crippen MR) is 101 cm³/mol. The number of rotatable bonds is 5. The van der Waals surface area contributed by atoms with Gasteiger partial charge in [-0.3, -0.25) is 14.5 Å². The quantitative estimate of drug-likeness (QED) is 0.464. The fraction of sp³-hybridized carbons (Fsp3) is 0.526. The van der Waals surface area contributed by atoms with Gasteiger partial charge in [0.1, 0.15) is 0 Å². The maximum Gasteiger partial charge on any atom is 0.329 e. The first-order chi connectivity index (χ1) is 12.4. The average Bonchev–Trinajstić information content (AvgIpc) is 2.62.